The molecule has 0 radical (unpaired) electrons. The molecule has 0 bridgehead atoms. The van der Waals surface area contributed by atoms with Gasteiger partial charge in [-0.3, -0.25) is 4.79 Å². The molecule has 1 unspecified atom stereocenters. The van der Waals surface area contributed by atoms with E-state index in [0.29, 0.717) is 11.4 Å². The van der Waals surface area contributed by atoms with Crippen molar-refractivity contribution in [1.29, 1.82) is 0 Å². The minimum atomic E-state index is -0.0677. The van der Waals surface area contributed by atoms with Crippen molar-refractivity contribution in [3.63, 3.8) is 0 Å². The lowest BCUT2D eigenvalue weighted by Gasteiger charge is -2.17. The Bertz CT molecular complexity index is 696. The second-order valence-corrected chi connectivity index (χ2v) is 5.95. The second kappa shape index (κ2) is 6.26. The van der Waals surface area contributed by atoms with Gasteiger partial charge in [0.1, 0.15) is 5.82 Å². The number of benzene rings is 1. The van der Waals surface area contributed by atoms with Crippen LogP contribution in [0.2, 0.25) is 0 Å². The lowest BCUT2D eigenvalue weighted by atomic mass is 10.0. The average molecular weight is 295 g/mol. The van der Waals surface area contributed by atoms with Crippen molar-refractivity contribution < 1.29 is 4.79 Å². The normalized spacial score (nSPS) is 17.5. The third kappa shape index (κ3) is 3.16. The van der Waals surface area contributed by atoms with E-state index in [1.807, 2.05) is 13.8 Å². The first-order valence-corrected chi connectivity index (χ1v) is 7.81. The molecule has 0 fully saturated rings. The highest BCUT2D eigenvalue weighted by molar-refractivity contribution is 5.95. The molecule has 4 nitrogen and oxygen atoms in total. The molecule has 114 valence electrons. The summed E-state index contributed by atoms with van der Waals surface area (Å²) in [7, 11) is 0. The number of amides is 1. The molecule has 2 aromatic rings. The van der Waals surface area contributed by atoms with Crippen molar-refractivity contribution in [1.82, 2.24) is 15.3 Å². The number of carbonyl (C=O) groups is 1. The molecule has 1 N–H and O–H groups in total. The summed E-state index contributed by atoms with van der Waals surface area (Å²) in [6.45, 7) is 3.68. The summed E-state index contributed by atoms with van der Waals surface area (Å²) in [5, 5.41) is 3.16. The van der Waals surface area contributed by atoms with Crippen LogP contribution < -0.4 is 5.32 Å². The van der Waals surface area contributed by atoms with E-state index in [0.717, 1.165) is 31.4 Å². The molecule has 0 saturated heterocycles. The van der Waals surface area contributed by atoms with Crippen LogP contribution in [-0.2, 0) is 12.8 Å². The van der Waals surface area contributed by atoms with Crippen molar-refractivity contribution in [2.45, 2.75) is 45.6 Å². The standard InChI is InChI=1S/C18H21N3O/c1-12-17(11-19-13(2)20-12)18(22)21-16-9-5-8-14-6-3-4-7-15(14)10-16/h3-4,6-7,11,16H,5,8-10H2,1-2H3,(H,21,22). The fourth-order valence-corrected chi connectivity index (χ4v) is 3.10. The number of hydrogen-bond acceptors (Lipinski definition) is 3. The van der Waals surface area contributed by atoms with Gasteiger partial charge in [-0.25, -0.2) is 9.97 Å². The first-order chi connectivity index (χ1) is 10.6. The monoisotopic (exact) mass is 295 g/mol. The zero-order valence-electron chi connectivity index (χ0n) is 13.1. The van der Waals surface area contributed by atoms with Crippen LogP contribution in [0.15, 0.2) is 30.5 Å². The van der Waals surface area contributed by atoms with E-state index in [1.54, 1.807) is 6.20 Å². The van der Waals surface area contributed by atoms with Crippen LogP contribution in [-0.4, -0.2) is 21.9 Å². The quantitative estimate of drug-likeness (QED) is 0.867. The maximum Gasteiger partial charge on any atom is 0.254 e. The SMILES string of the molecule is Cc1ncc(C(=O)NC2CCCc3ccccc3C2)c(C)n1. The van der Waals surface area contributed by atoms with E-state index in [4.69, 9.17) is 0 Å². The van der Waals surface area contributed by atoms with Gasteiger partial charge >= 0.3 is 0 Å². The van der Waals surface area contributed by atoms with Gasteiger partial charge in [0.15, 0.2) is 0 Å². The molecule has 1 aromatic heterocycles. The first-order valence-electron chi connectivity index (χ1n) is 7.81. The van der Waals surface area contributed by atoms with Crippen molar-refractivity contribution in [3.8, 4) is 0 Å². The topological polar surface area (TPSA) is 54.9 Å². The average Bonchev–Trinajstić information content (AvgIpc) is 2.68. The zero-order chi connectivity index (χ0) is 15.5. The maximum atomic E-state index is 12.5. The van der Waals surface area contributed by atoms with Gasteiger partial charge in [0.2, 0.25) is 0 Å². The van der Waals surface area contributed by atoms with E-state index in [9.17, 15) is 4.79 Å². The molecular weight excluding hydrogens is 274 g/mol. The van der Waals surface area contributed by atoms with E-state index < -0.39 is 0 Å². The van der Waals surface area contributed by atoms with Crippen molar-refractivity contribution in [2.24, 2.45) is 0 Å². The highest BCUT2D eigenvalue weighted by atomic mass is 16.1. The molecule has 1 atom stereocenters. The van der Waals surface area contributed by atoms with Gasteiger partial charge in [0.25, 0.3) is 5.91 Å². The van der Waals surface area contributed by atoms with Crippen LogP contribution in [0.1, 0.15) is 45.8 Å². The Morgan fingerprint density at radius 1 is 1.23 bits per heavy atom. The van der Waals surface area contributed by atoms with Crippen LogP contribution in [0.5, 0.6) is 0 Å². The van der Waals surface area contributed by atoms with Gasteiger partial charge in [-0.15, -0.1) is 0 Å². The molecule has 0 aliphatic heterocycles. The Labute approximate surface area is 131 Å². The number of nitrogens with one attached hydrogen (secondary N) is 1. The summed E-state index contributed by atoms with van der Waals surface area (Å²) >= 11 is 0. The third-order valence-corrected chi connectivity index (χ3v) is 4.26. The van der Waals surface area contributed by atoms with Crippen molar-refractivity contribution >= 4 is 5.91 Å². The molecule has 1 aromatic carbocycles. The van der Waals surface area contributed by atoms with Gasteiger partial charge < -0.3 is 5.32 Å². The lowest BCUT2D eigenvalue weighted by molar-refractivity contribution is 0.0933. The highest BCUT2D eigenvalue weighted by Crippen LogP contribution is 2.21. The molecule has 4 heteroatoms. The summed E-state index contributed by atoms with van der Waals surface area (Å²) in [5.41, 5.74) is 4.07. The molecule has 1 amide bonds. The van der Waals surface area contributed by atoms with Crippen LogP contribution in [0, 0.1) is 13.8 Å². The second-order valence-electron chi connectivity index (χ2n) is 5.95. The highest BCUT2D eigenvalue weighted by Gasteiger charge is 2.20. The van der Waals surface area contributed by atoms with E-state index in [-0.39, 0.29) is 11.9 Å². The third-order valence-electron chi connectivity index (χ3n) is 4.26. The fraction of sp³-hybridized carbons (Fsp3) is 0.389. The molecular formula is C18H21N3O. The predicted molar refractivity (Wildman–Crippen MR) is 85.8 cm³/mol. The van der Waals surface area contributed by atoms with E-state index in [2.05, 4.69) is 39.6 Å². The Hall–Kier alpha value is -2.23. The number of hydrogen-bond donors (Lipinski definition) is 1. The Morgan fingerprint density at radius 2 is 2.00 bits per heavy atom. The maximum absolute atomic E-state index is 12.5. The van der Waals surface area contributed by atoms with Crippen LogP contribution >= 0.6 is 0 Å². The van der Waals surface area contributed by atoms with Crippen LogP contribution in [0.25, 0.3) is 0 Å². The summed E-state index contributed by atoms with van der Waals surface area (Å²) in [6.07, 6.45) is 5.72. The molecule has 3 rings (SSSR count). The van der Waals surface area contributed by atoms with Crippen LogP contribution in [0.3, 0.4) is 0 Å². The van der Waals surface area contributed by atoms with Gasteiger partial charge in [-0.1, -0.05) is 24.3 Å². The summed E-state index contributed by atoms with van der Waals surface area (Å²) < 4.78 is 0. The summed E-state index contributed by atoms with van der Waals surface area (Å²) in [4.78, 5) is 20.9. The number of fused-ring (bicyclic) bond motifs is 1. The molecule has 1 heterocycles. The minimum absolute atomic E-state index is 0.0677. The Morgan fingerprint density at radius 3 is 2.77 bits per heavy atom. The number of rotatable bonds is 2. The Balaban J connectivity index is 1.74. The fourth-order valence-electron chi connectivity index (χ4n) is 3.10. The van der Waals surface area contributed by atoms with Crippen molar-refractivity contribution in [3.05, 3.63) is 58.7 Å². The van der Waals surface area contributed by atoms with Gasteiger partial charge in [-0.05, 0) is 50.7 Å². The largest absolute Gasteiger partial charge is 0.349 e. The number of aromatic nitrogens is 2. The first kappa shape index (κ1) is 14.7. The minimum Gasteiger partial charge on any atom is -0.349 e. The molecule has 1 aliphatic rings. The summed E-state index contributed by atoms with van der Waals surface area (Å²) in [5.74, 6) is 0.624. The van der Waals surface area contributed by atoms with Gasteiger partial charge in [0, 0.05) is 12.2 Å². The predicted octanol–water partition coefficient (Wildman–Crippen LogP) is 2.77. The van der Waals surface area contributed by atoms with E-state index >= 15 is 0 Å². The van der Waals surface area contributed by atoms with E-state index in [1.165, 1.54) is 11.1 Å². The van der Waals surface area contributed by atoms with Gasteiger partial charge in [0.05, 0.1) is 11.3 Å². The van der Waals surface area contributed by atoms with Crippen molar-refractivity contribution in [2.75, 3.05) is 0 Å². The number of aryl methyl sites for hydroxylation is 3. The Kier molecular flexibility index (Phi) is 4.18. The molecule has 1 aliphatic carbocycles. The number of carbonyl (C=O) groups excluding carboxylic acids is 1. The van der Waals surface area contributed by atoms with Gasteiger partial charge in [-0.2, -0.15) is 0 Å². The zero-order valence-corrected chi connectivity index (χ0v) is 13.1. The summed E-state index contributed by atoms with van der Waals surface area (Å²) in [6, 6.07) is 8.69. The molecule has 0 spiro atoms. The molecule has 0 saturated carbocycles. The number of nitrogens with zero attached hydrogens (tertiary/aromatic N) is 2. The smallest absolute Gasteiger partial charge is 0.254 e. The molecule has 22 heavy (non-hydrogen) atoms. The lowest BCUT2D eigenvalue weighted by Crippen LogP contribution is -2.36. The van der Waals surface area contributed by atoms with Crippen LogP contribution in [0.4, 0.5) is 0 Å².